The van der Waals surface area contributed by atoms with E-state index in [1.54, 1.807) is 12.1 Å². The van der Waals surface area contributed by atoms with Crippen molar-refractivity contribution in [3.63, 3.8) is 0 Å². The molecule has 2 unspecified atom stereocenters. The summed E-state index contributed by atoms with van der Waals surface area (Å²) in [5.41, 5.74) is 6.88. The molecular formula is C21H25ClN2O4. The highest BCUT2D eigenvalue weighted by Crippen LogP contribution is 2.30. The van der Waals surface area contributed by atoms with Gasteiger partial charge in [-0.25, -0.2) is 0 Å². The van der Waals surface area contributed by atoms with Crippen LogP contribution in [0.4, 0.5) is 0 Å². The van der Waals surface area contributed by atoms with Gasteiger partial charge in [-0.15, -0.1) is 0 Å². The Hall–Kier alpha value is -2.12. The average molecular weight is 405 g/mol. The summed E-state index contributed by atoms with van der Waals surface area (Å²) in [6.07, 6.45) is 0.807. The van der Waals surface area contributed by atoms with Gasteiger partial charge in [-0.2, -0.15) is 0 Å². The number of amides is 1. The van der Waals surface area contributed by atoms with Gasteiger partial charge in [-0.05, 0) is 43.2 Å². The molecule has 2 aromatic carbocycles. The van der Waals surface area contributed by atoms with Crippen LogP contribution in [-0.2, 0) is 21.7 Å². The highest BCUT2D eigenvalue weighted by atomic mass is 35.5. The number of hydrogen-bond donors (Lipinski definition) is 2. The number of halogens is 1. The van der Waals surface area contributed by atoms with Gasteiger partial charge >= 0.3 is 0 Å². The fourth-order valence-electron chi connectivity index (χ4n) is 3.36. The zero-order valence-corrected chi connectivity index (χ0v) is 16.6. The molecule has 0 saturated carbocycles. The lowest BCUT2D eigenvalue weighted by atomic mass is 10.0. The van der Waals surface area contributed by atoms with Gasteiger partial charge in [-0.3, -0.25) is 9.69 Å². The second-order valence-electron chi connectivity index (χ2n) is 7.07. The van der Waals surface area contributed by atoms with Crippen LogP contribution >= 0.6 is 11.6 Å². The van der Waals surface area contributed by atoms with Crippen LogP contribution in [0.3, 0.4) is 0 Å². The van der Waals surface area contributed by atoms with Gasteiger partial charge in [0.2, 0.25) is 5.79 Å². The first-order chi connectivity index (χ1) is 13.4. The number of primary amides is 1. The van der Waals surface area contributed by atoms with E-state index < -0.39 is 11.7 Å². The number of ether oxygens (including phenoxy) is 2. The molecule has 0 spiro atoms. The zero-order valence-electron chi connectivity index (χ0n) is 15.8. The highest BCUT2D eigenvalue weighted by Gasteiger charge is 2.37. The number of benzene rings is 2. The fraction of sp³-hybridized carbons (Fsp3) is 0.381. The van der Waals surface area contributed by atoms with Crippen molar-refractivity contribution in [2.75, 3.05) is 26.3 Å². The van der Waals surface area contributed by atoms with Gasteiger partial charge in [-0.1, -0.05) is 35.9 Å². The van der Waals surface area contributed by atoms with Gasteiger partial charge < -0.3 is 20.3 Å². The third-order valence-electron chi connectivity index (χ3n) is 4.87. The summed E-state index contributed by atoms with van der Waals surface area (Å²) < 4.78 is 11.0. The molecule has 28 heavy (non-hydrogen) atoms. The molecule has 6 nitrogen and oxygen atoms in total. The average Bonchev–Trinajstić information content (AvgIpc) is 2.67. The number of hydrogen-bond acceptors (Lipinski definition) is 5. The Bertz CT molecular complexity index is 814. The number of rotatable bonds is 7. The molecule has 2 atom stereocenters. The van der Waals surface area contributed by atoms with Crippen molar-refractivity contribution < 1.29 is 19.4 Å². The first-order valence-corrected chi connectivity index (χ1v) is 9.60. The van der Waals surface area contributed by atoms with Crippen LogP contribution in [0.2, 0.25) is 5.02 Å². The maximum atomic E-state index is 11.0. The van der Waals surface area contributed by atoms with Gasteiger partial charge in [0.15, 0.2) is 6.61 Å². The van der Waals surface area contributed by atoms with Crippen molar-refractivity contribution in [3.8, 4) is 5.75 Å². The van der Waals surface area contributed by atoms with Gasteiger partial charge in [0.25, 0.3) is 5.91 Å². The normalized spacial score (nSPS) is 21.2. The Kier molecular flexibility index (Phi) is 6.57. The van der Waals surface area contributed by atoms with E-state index in [4.69, 9.17) is 26.8 Å². The van der Waals surface area contributed by atoms with E-state index in [1.807, 2.05) is 36.4 Å². The molecule has 150 valence electrons. The lowest BCUT2D eigenvalue weighted by molar-refractivity contribution is -0.251. The molecule has 0 aliphatic carbocycles. The molecule has 1 heterocycles. The number of morpholine rings is 1. The maximum absolute atomic E-state index is 11.0. The van der Waals surface area contributed by atoms with Crippen molar-refractivity contribution in [1.29, 1.82) is 0 Å². The molecule has 1 fully saturated rings. The Balaban J connectivity index is 1.62. The van der Waals surface area contributed by atoms with Crippen LogP contribution in [0, 0.1) is 0 Å². The first-order valence-electron chi connectivity index (χ1n) is 9.22. The van der Waals surface area contributed by atoms with Crippen LogP contribution in [0.1, 0.15) is 18.1 Å². The summed E-state index contributed by atoms with van der Waals surface area (Å²) in [4.78, 5) is 13.0. The third-order valence-corrected chi connectivity index (χ3v) is 5.11. The minimum absolute atomic E-state index is 0.133. The molecular weight excluding hydrogens is 380 g/mol. The Morgan fingerprint density at radius 2 is 2.11 bits per heavy atom. The fourth-order valence-corrected chi connectivity index (χ4v) is 3.55. The van der Waals surface area contributed by atoms with Crippen LogP contribution in [0.15, 0.2) is 48.5 Å². The van der Waals surface area contributed by atoms with Gasteiger partial charge in [0.1, 0.15) is 5.75 Å². The molecule has 1 amide bonds. The largest absolute Gasteiger partial charge is 0.484 e. The monoisotopic (exact) mass is 404 g/mol. The molecule has 0 radical (unpaired) electrons. The molecule has 3 rings (SSSR count). The van der Waals surface area contributed by atoms with E-state index in [9.17, 15) is 9.90 Å². The zero-order chi connectivity index (χ0) is 20.1. The summed E-state index contributed by atoms with van der Waals surface area (Å²) in [6.45, 7) is 3.54. The number of nitrogens with zero attached hydrogens (tertiary/aromatic N) is 1. The SMILES string of the molecule is CC(Cc1ccc(OCC(N)=O)cc1)N1CCOC(O)(c2cccc(Cl)c2)C1. The van der Waals surface area contributed by atoms with E-state index in [-0.39, 0.29) is 12.6 Å². The van der Waals surface area contributed by atoms with Crippen molar-refractivity contribution in [3.05, 3.63) is 64.7 Å². The molecule has 0 aromatic heterocycles. The first kappa shape index (κ1) is 20.6. The summed E-state index contributed by atoms with van der Waals surface area (Å²) in [5.74, 6) is -1.27. The minimum Gasteiger partial charge on any atom is -0.484 e. The van der Waals surface area contributed by atoms with Crippen LogP contribution < -0.4 is 10.5 Å². The lowest BCUT2D eigenvalue weighted by Crippen LogP contribution is -2.53. The Morgan fingerprint density at radius 1 is 1.36 bits per heavy atom. The smallest absolute Gasteiger partial charge is 0.255 e. The van der Waals surface area contributed by atoms with E-state index in [0.717, 1.165) is 18.5 Å². The van der Waals surface area contributed by atoms with Crippen LogP contribution in [-0.4, -0.2) is 48.3 Å². The number of aliphatic hydroxyl groups is 1. The number of nitrogens with two attached hydrogens (primary N) is 1. The topological polar surface area (TPSA) is 85.0 Å². The van der Waals surface area contributed by atoms with Crippen LogP contribution in [0.25, 0.3) is 0 Å². The van der Waals surface area contributed by atoms with Crippen LogP contribution in [0.5, 0.6) is 5.75 Å². The summed E-state index contributed by atoms with van der Waals surface area (Å²) in [6, 6.07) is 14.9. The third kappa shape index (κ3) is 5.23. The Labute approximate surface area is 169 Å². The summed E-state index contributed by atoms with van der Waals surface area (Å²) >= 11 is 6.07. The molecule has 7 heteroatoms. The minimum atomic E-state index is -1.37. The number of carbonyl (C=O) groups excluding carboxylic acids is 1. The maximum Gasteiger partial charge on any atom is 0.255 e. The van der Waals surface area contributed by atoms with Crippen molar-refractivity contribution in [1.82, 2.24) is 4.90 Å². The van der Waals surface area contributed by atoms with E-state index in [2.05, 4.69) is 11.8 Å². The Morgan fingerprint density at radius 3 is 2.79 bits per heavy atom. The second-order valence-corrected chi connectivity index (χ2v) is 7.50. The quantitative estimate of drug-likeness (QED) is 0.739. The molecule has 3 N–H and O–H groups in total. The summed E-state index contributed by atoms with van der Waals surface area (Å²) in [5, 5.41) is 11.6. The molecule has 1 aliphatic rings. The summed E-state index contributed by atoms with van der Waals surface area (Å²) in [7, 11) is 0. The van der Waals surface area contributed by atoms with Gasteiger partial charge in [0, 0.05) is 23.2 Å². The molecule has 0 bridgehead atoms. The predicted octanol–water partition coefficient (Wildman–Crippen LogP) is 2.31. The van der Waals surface area contributed by atoms with E-state index >= 15 is 0 Å². The van der Waals surface area contributed by atoms with Crippen molar-refractivity contribution >= 4 is 17.5 Å². The van der Waals surface area contributed by atoms with Gasteiger partial charge in [0.05, 0.1) is 13.2 Å². The number of carbonyl (C=O) groups is 1. The van der Waals surface area contributed by atoms with Crippen molar-refractivity contribution in [2.45, 2.75) is 25.2 Å². The van der Waals surface area contributed by atoms with E-state index in [0.29, 0.717) is 29.5 Å². The molecule has 2 aromatic rings. The highest BCUT2D eigenvalue weighted by molar-refractivity contribution is 6.30. The lowest BCUT2D eigenvalue weighted by Gasteiger charge is -2.42. The number of β-amino-alcohol motifs (C(OH)–C–C–N with tert-alkyl or cyclic N) is 1. The second kappa shape index (κ2) is 8.92. The predicted molar refractivity (Wildman–Crippen MR) is 107 cm³/mol. The molecule has 1 aliphatic heterocycles. The standard InChI is InChI=1S/C21H25ClN2O4/c1-15(11-16-5-7-19(8-6-16)27-13-20(23)25)24-9-10-28-21(26,14-24)17-3-2-4-18(22)12-17/h2-8,12,15,26H,9-11,13-14H2,1H3,(H2,23,25). The van der Waals surface area contributed by atoms with Crippen molar-refractivity contribution in [2.24, 2.45) is 5.73 Å². The molecule has 1 saturated heterocycles. The van der Waals surface area contributed by atoms with E-state index in [1.165, 1.54) is 0 Å².